The van der Waals surface area contributed by atoms with Crippen LogP contribution in [0.4, 0.5) is 0 Å². The number of thiophene rings is 1. The molecule has 43 heavy (non-hydrogen) atoms. The molecule has 0 amide bonds. The van der Waals surface area contributed by atoms with Gasteiger partial charge in [0.1, 0.15) is 0 Å². The molecule has 0 aliphatic rings. The molecular formula is C38H24N4S. The minimum atomic E-state index is 0.697. The van der Waals surface area contributed by atoms with Crippen LogP contribution in [-0.2, 0) is 0 Å². The van der Waals surface area contributed by atoms with Crippen LogP contribution < -0.4 is 0 Å². The van der Waals surface area contributed by atoms with Crippen molar-refractivity contribution >= 4 is 31.5 Å². The molecule has 0 saturated carbocycles. The summed E-state index contributed by atoms with van der Waals surface area (Å²) in [6.07, 6.45) is 7.31. The van der Waals surface area contributed by atoms with Gasteiger partial charge in [-0.3, -0.25) is 9.97 Å². The molecule has 0 spiro atoms. The first-order valence-corrected chi connectivity index (χ1v) is 14.9. The van der Waals surface area contributed by atoms with E-state index in [0.717, 1.165) is 50.3 Å². The smallest absolute Gasteiger partial charge is 0.160 e. The fourth-order valence-corrected chi connectivity index (χ4v) is 6.63. The molecule has 4 nitrogen and oxygen atoms in total. The van der Waals surface area contributed by atoms with Crippen LogP contribution in [0.25, 0.3) is 76.3 Å². The summed E-state index contributed by atoms with van der Waals surface area (Å²) in [5, 5.41) is 2.52. The molecule has 0 unspecified atom stereocenters. The lowest BCUT2D eigenvalue weighted by atomic mass is 9.95. The third kappa shape index (κ3) is 4.86. The minimum Gasteiger partial charge on any atom is -0.265 e. The maximum Gasteiger partial charge on any atom is 0.160 e. The molecule has 0 aliphatic carbocycles. The molecule has 8 aromatic rings. The number of rotatable bonds is 5. The van der Waals surface area contributed by atoms with Gasteiger partial charge in [-0.25, -0.2) is 9.97 Å². The van der Waals surface area contributed by atoms with Crippen LogP contribution in [0.5, 0.6) is 0 Å². The predicted octanol–water partition coefficient (Wildman–Crippen LogP) is 9.97. The number of fused-ring (bicyclic) bond motifs is 3. The van der Waals surface area contributed by atoms with E-state index in [-0.39, 0.29) is 0 Å². The Morgan fingerprint density at radius 1 is 0.372 bits per heavy atom. The first kappa shape index (κ1) is 25.2. The number of nitrogens with zero attached hydrogens (tertiary/aromatic N) is 4. The Hall–Kier alpha value is -5.52. The summed E-state index contributed by atoms with van der Waals surface area (Å²) in [7, 11) is 0. The van der Waals surface area contributed by atoms with Gasteiger partial charge in [-0.1, -0.05) is 54.6 Å². The minimum absolute atomic E-state index is 0.697. The van der Waals surface area contributed by atoms with Crippen molar-refractivity contribution in [1.29, 1.82) is 0 Å². The van der Waals surface area contributed by atoms with Crippen LogP contribution in [0, 0.1) is 0 Å². The van der Waals surface area contributed by atoms with Crippen molar-refractivity contribution in [2.24, 2.45) is 0 Å². The molecule has 0 atom stereocenters. The summed E-state index contributed by atoms with van der Waals surface area (Å²) in [5.41, 5.74) is 9.21. The zero-order valence-electron chi connectivity index (χ0n) is 23.1. The Morgan fingerprint density at radius 3 is 1.65 bits per heavy atom. The lowest BCUT2D eigenvalue weighted by molar-refractivity contribution is 1.18. The molecule has 0 radical (unpaired) electrons. The number of hydrogen-bond acceptors (Lipinski definition) is 5. The molecule has 4 aromatic heterocycles. The second-order valence-corrected chi connectivity index (χ2v) is 11.5. The number of pyridine rings is 2. The average Bonchev–Trinajstić information content (AvgIpc) is 3.47. The van der Waals surface area contributed by atoms with Crippen LogP contribution in [0.2, 0.25) is 0 Å². The van der Waals surface area contributed by atoms with Gasteiger partial charge >= 0.3 is 0 Å². The van der Waals surface area contributed by atoms with E-state index in [4.69, 9.17) is 9.97 Å². The quantitative estimate of drug-likeness (QED) is 0.207. The van der Waals surface area contributed by atoms with Crippen molar-refractivity contribution in [2.45, 2.75) is 0 Å². The molecule has 0 aliphatic heterocycles. The van der Waals surface area contributed by atoms with Gasteiger partial charge in [0, 0.05) is 61.7 Å². The normalized spacial score (nSPS) is 11.3. The summed E-state index contributed by atoms with van der Waals surface area (Å²) in [6, 6.07) is 42.3. The molecule has 4 aromatic carbocycles. The van der Waals surface area contributed by atoms with Gasteiger partial charge in [0.15, 0.2) is 5.82 Å². The molecule has 0 bridgehead atoms. The van der Waals surface area contributed by atoms with Gasteiger partial charge in [-0.2, -0.15) is 0 Å². The fraction of sp³-hybridized carbons (Fsp3) is 0. The highest BCUT2D eigenvalue weighted by molar-refractivity contribution is 7.25. The van der Waals surface area contributed by atoms with Crippen LogP contribution in [0.15, 0.2) is 146 Å². The number of aromatic nitrogens is 4. The molecule has 4 heterocycles. The van der Waals surface area contributed by atoms with Gasteiger partial charge in [0.05, 0.1) is 11.4 Å². The van der Waals surface area contributed by atoms with Crippen LogP contribution in [-0.4, -0.2) is 19.9 Å². The van der Waals surface area contributed by atoms with Crippen LogP contribution >= 0.6 is 11.3 Å². The maximum absolute atomic E-state index is 5.14. The summed E-state index contributed by atoms with van der Waals surface area (Å²) >= 11 is 1.82. The SMILES string of the molecule is c1ccc(-c2nc(-c3cc(-c4ccncc4)cc(-c4ccncc4)c3)cc(-c3ccc4sc5ccccc5c4c3)n2)cc1. The Kier molecular flexibility index (Phi) is 6.28. The van der Waals surface area contributed by atoms with E-state index in [9.17, 15) is 0 Å². The van der Waals surface area contributed by atoms with Crippen molar-refractivity contribution in [3.63, 3.8) is 0 Å². The summed E-state index contributed by atoms with van der Waals surface area (Å²) in [5.74, 6) is 0.697. The van der Waals surface area contributed by atoms with Gasteiger partial charge < -0.3 is 0 Å². The Bertz CT molecular complexity index is 2170. The van der Waals surface area contributed by atoms with Gasteiger partial charge in [-0.05, 0) is 89.0 Å². The summed E-state index contributed by atoms with van der Waals surface area (Å²) in [6.45, 7) is 0. The van der Waals surface area contributed by atoms with Crippen LogP contribution in [0.1, 0.15) is 0 Å². The highest BCUT2D eigenvalue weighted by Crippen LogP contribution is 2.38. The van der Waals surface area contributed by atoms with E-state index in [2.05, 4.69) is 88.8 Å². The number of benzene rings is 4. The third-order valence-electron chi connectivity index (χ3n) is 7.69. The Balaban J connectivity index is 1.35. The second-order valence-electron chi connectivity index (χ2n) is 10.4. The highest BCUT2D eigenvalue weighted by Gasteiger charge is 2.15. The largest absolute Gasteiger partial charge is 0.265 e. The van der Waals surface area contributed by atoms with E-state index in [1.54, 1.807) is 0 Å². The molecule has 0 saturated heterocycles. The van der Waals surface area contributed by atoms with E-state index < -0.39 is 0 Å². The zero-order chi connectivity index (χ0) is 28.6. The van der Waals surface area contributed by atoms with Crippen molar-refractivity contribution in [3.8, 4) is 56.2 Å². The third-order valence-corrected chi connectivity index (χ3v) is 8.84. The van der Waals surface area contributed by atoms with E-state index in [1.807, 2.05) is 78.6 Å². The molecule has 5 heteroatoms. The van der Waals surface area contributed by atoms with Crippen molar-refractivity contribution < 1.29 is 0 Å². The van der Waals surface area contributed by atoms with Crippen molar-refractivity contribution in [3.05, 3.63) is 146 Å². The topological polar surface area (TPSA) is 51.6 Å². The fourth-order valence-electron chi connectivity index (χ4n) is 5.54. The average molecular weight is 569 g/mol. The molecular weight excluding hydrogens is 545 g/mol. The van der Waals surface area contributed by atoms with E-state index >= 15 is 0 Å². The lowest BCUT2D eigenvalue weighted by Gasteiger charge is -2.13. The maximum atomic E-state index is 5.14. The van der Waals surface area contributed by atoms with Crippen LogP contribution in [0.3, 0.4) is 0 Å². The second kappa shape index (κ2) is 10.7. The summed E-state index contributed by atoms with van der Waals surface area (Å²) < 4.78 is 2.56. The van der Waals surface area contributed by atoms with Gasteiger partial charge in [0.2, 0.25) is 0 Å². The Morgan fingerprint density at radius 2 is 0.953 bits per heavy atom. The first-order chi connectivity index (χ1) is 21.3. The summed E-state index contributed by atoms with van der Waals surface area (Å²) in [4.78, 5) is 18.7. The van der Waals surface area contributed by atoms with Gasteiger partial charge in [-0.15, -0.1) is 11.3 Å². The standard InChI is InChI=1S/C38H24N4S/c1-2-6-27(7-3-1)38-41-34(28-10-11-37-33(23-28)32-8-4-5-9-36(32)43-37)24-35(42-38)31-21-29(25-12-16-39-17-13-25)20-30(22-31)26-14-18-40-19-15-26/h1-24H. The van der Waals surface area contributed by atoms with E-state index in [1.165, 1.54) is 20.2 Å². The van der Waals surface area contributed by atoms with Crippen molar-refractivity contribution in [2.75, 3.05) is 0 Å². The molecule has 202 valence electrons. The monoisotopic (exact) mass is 568 g/mol. The lowest BCUT2D eigenvalue weighted by Crippen LogP contribution is -1.96. The highest BCUT2D eigenvalue weighted by atomic mass is 32.1. The molecule has 0 fully saturated rings. The number of hydrogen-bond donors (Lipinski definition) is 0. The predicted molar refractivity (Wildman–Crippen MR) is 178 cm³/mol. The molecule has 0 N–H and O–H groups in total. The molecule has 8 rings (SSSR count). The van der Waals surface area contributed by atoms with E-state index in [0.29, 0.717) is 5.82 Å². The zero-order valence-corrected chi connectivity index (χ0v) is 23.9. The van der Waals surface area contributed by atoms with Crippen molar-refractivity contribution in [1.82, 2.24) is 19.9 Å². The van der Waals surface area contributed by atoms with Gasteiger partial charge in [0.25, 0.3) is 0 Å². The first-order valence-electron chi connectivity index (χ1n) is 14.1. The Labute approximate surface area is 253 Å².